The maximum atomic E-state index is 12.8. The minimum Gasteiger partial charge on any atom is -0.462 e. The van der Waals surface area contributed by atoms with E-state index in [1.807, 2.05) is 19.1 Å². The first-order valence-electron chi connectivity index (χ1n) is 11.4. The first kappa shape index (κ1) is 25.0. The van der Waals surface area contributed by atoms with Gasteiger partial charge in [-0.25, -0.2) is 4.79 Å². The van der Waals surface area contributed by atoms with Gasteiger partial charge in [0.1, 0.15) is 18.1 Å². The number of rotatable bonds is 8. The number of amides is 3. The molecular weight excluding hydrogens is 480 g/mol. The second-order valence-corrected chi connectivity index (χ2v) is 8.86. The van der Waals surface area contributed by atoms with Crippen molar-refractivity contribution in [1.82, 2.24) is 4.90 Å². The number of imide groups is 1. The van der Waals surface area contributed by atoms with Gasteiger partial charge in [-0.2, -0.15) is 0 Å². The third-order valence-corrected chi connectivity index (χ3v) is 6.31. The number of aryl methyl sites for hydroxylation is 1. The second kappa shape index (κ2) is 11.1. The van der Waals surface area contributed by atoms with E-state index in [0.717, 1.165) is 34.2 Å². The maximum Gasteiger partial charge on any atom is 0.338 e. The summed E-state index contributed by atoms with van der Waals surface area (Å²) >= 11 is 0.752. The number of carbonyl (C=O) groups is 4. The molecule has 0 atom stereocenters. The first-order chi connectivity index (χ1) is 17.4. The van der Waals surface area contributed by atoms with Crippen molar-refractivity contribution in [3.8, 4) is 11.3 Å². The lowest BCUT2D eigenvalue weighted by atomic mass is 10.1. The highest BCUT2D eigenvalue weighted by Crippen LogP contribution is 2.33. The van der Waals surface area contributed by atoms with E-state index in [1.165, 1.54) is 6.08 Å². The lowest BCUT2D eigenvalue weighted by molar-refractivity contribution is -0.127. The van der Waals surface area contributed by atoms with Gasteiger partial charge in [-0.1, -0.05) is 31.2 Å². The molecule has 36 heavy (non-hydrogen) atoms. The van der Waals surface area contributed by atoms with Crippen molar-refractivity contribution >= 4 is 46.5 Å². The van der Waals surface area contributed by atoms with E-state index in [1.54, 1.807) is 55.5 Å². The summed E-state index contributed by atoms with van der Waals surface area (Å²) in [7, 11) is 0. The normalized spacial score (nSPS) is 14.4. The topological polar surface area (TPSA) is 106 Å². The van der Waals surface area contributed by atoms with E-state index in [2.05, 4.69) is 5.32 Å². The van der Waals surface area contributed by atoms with Crippen LogP contribution in [0.4, 0.5) is 10.5 Å². The van der Waals surface area contributed by atoms with Crippen molar-refractivity contribution in [2.24, 2.45) is 0 Å². The monoisotopic (exact) mass is 504 g/mol. The molecule has 1 N–H and O–H groups in total. The van der Waals surface area contributed by atoms with Gasteiger partial charge >= 0.3 is 5.97 Å². The Labute approximate surface area is 212 Å². The average Bonchev–Trinajstić information content (AvgIpc) is 3.45. The van der Waals surface area contributed by atoms with Crippen LogP contribution in [0.5, 0.6) is 0 Å². The Kier molecular flexibility index (Phi) is 7.70. The zero-order chi connectivity index (χ0) is 25.7. The molecule has 0 aliphatic carbocycles. The molecule has 3 amide bonds. The van der Waals surface area contributed by atoms with E-state index in [4.69, 9.17) is 9.15 Å². The summed E-state index contributed by atoms with van der Waals surface area (Å²) in [5.74, 6) is -0.509. The number of thioether (sulfide) groups is 1. The fraction of sp³-hybridized carbons (Fsp3) is 0.185. The van der Waals surface area contributed by atoms with Gasteiger partial charge in [0.2, 0.25) is 5.91 Å². The Hall–Kier alpha value is -4.11. The Morgan fingerprint density at radius 1 is 1.00 bits per heavy atom. The summed E-state index contributed by atoms with van der Waals surface area (Å²) in [5.41, 5.74) is 2.90. The van der Waals surface area contributed by atoms with Crippen molar-refractivity contribution < 1.29 is 28.3 Å². The molecule has 1 aliphatic rings. The SMILES string of the molecule is CCOC(=O)c1ccc(-c2ccc(/C=C3/SC(=O)N(CC(=O)Nc4ccc(CC)cc4)C3=O)o2)cc1. The number of nitrogens with one attached hydrogen (secondary N) is 1. The summed E-state index contributed by atoms with van der Waals surface area (Å²) < 4.78 is 10.8. The molecule has 1 aliphatic heterocycles. The fourth-order valence-electron chi connectivity index (χ4n) is 3.50. The molecule has 1 fully saturated rings. The predicted octanol–water partition coefficient (Wildman–Crippen LogP) is 5.36. The van der Waals surface area contributed by atoms with Crippen LogP contribution >= 0.6 is 11.8 Å². The van der Waals surface area contributed by atoms with E-state index < -0.39 is 23.0 Å². The fourth-order valence-corrected chi connectivity index (χ4v) is 4.32. The molecule has 0 saturated carbocycles. The number of furan rings is 1. The van der Waals surface area contributed by atoms with Gasteiger partial charge in [-0.05, 0) is 67.1 Å². The number of hydrogen-bond donors (Lipinski definition) is 1. The molecular formula is C27H24N2O6S. The number of anilines is 1. The van der Waals surface area contributed by atoms with Gasteiger partial charge in [0.05, 0.1) is 17.1 Å². The van der Waals surface area contributed by atoms with Crippen molar-refractivity contribution in [2.75, 3.05) is 18.5 Å². The van der Waals surface area contributed by atoms with Crippen LogP contribution in [-0.2, 0) is 20.7 Å². The smallest absolute Gasteiger partial charge is 0.338 e. The van der Waals surface area contributed by atoms with Crippen molar-refractivity contribution in [2.45, 2.75) is 20.3 Å². The van der Waals surface area contributed by atoms with Gasteiger partial charge in [-0.3, -0.25) is 19.3 Å². The van der Waals surface area contributed by atoms with Gasteiger partial charge in [0, 0.05) is 17.3 Å². The number of esters is 1. The van der Waals surface area contributed by atoms with E-state index in [9.17, 15) is 19.2 Å². The van der Waals surface area contributed by atoms with Crippen molar-refractivity contribution in [1.29, 1.82) is 0 Å². The Bertz CT molecular complexity index is 1330. The highest BCUT2D eigenvalue weighted by atomic mass is 32.2. The number of hydrogen-bond acceptors (Lipinski definition) is 7. The van der Waals surface area contributed by atoms with Crippen LogP contribution in [-0.4, -0.2) is 41.1 Å². The molecule has 0 spiro atoms. The lowest BCUT2D eigenvalue weighted by Gasteiger charge is -2.12. The molecule has 0 bridgehead atoms. The lowest BCUT2D eigenvalue weighted by Crippen LogP contribution is -2.36. The van der Waals surface area contributed by atoms with Crippen LogP contribution in [0.2, 0.25) is 0 Å². The molecule has 3 aromatic rings. The Balaban J connectivity index is 1.40. The highest BCUT2D eigenvalue weighted by molar-refractivity contribution is 8.18. The summed E-state index contributed by atoms with van der Waals surface area (Å²) in [4.78, 5) is 50.5. The van der Waals surface area contributed by atoms with Gasteiger partial charge in [0.15, 0.2) is 0 Å². The molecule has 8 nitrogen and oxygen atoms in total. The molecule has 4 rings (SSSR count). The van der Waals surface area contributed by atoms with Crippen LogP contribution < -0.4 is 5.32 Å². The second-order valence-electron chi connectivity index (χ2n) is 7.87. The Morgan fingerprint density at radius 3 is 2.39 bits per heavy atom. The summed E-state index contributed by atoms with van der Waals surface area (Å²) in [6.45, 7) is 3.69. The average molecular weight is 505 g/mol. The molecule has 9 heteroatoms. The highest BCUT2D eigenvalue weighted by Gasteiger charge is 2.36. The molecule has 2 heterocycles. The number of carbonyl (C=O) groups excluding carboxylic acids is 4. The minimum atomic E-state index is -0.557. The van der Waals surface area contributed by atoms with Crippen LogP contribution in [0.3, 0.4) is 0 Å². The van der Waals surface area contributed by atoms with Crippen LogP contribution in [0.25, 0.3) is 17.4 Å². The van der Waals surface area contributed by atoms with Gasteiger partial charge in [-0.15, -0.1) is 0 Å². The third kappa shape index (κ3) is 5.75. The zero-order valence-electron chi connectivity index (χ0n) is 19.8. The third-order valence-electron chi connectivity index (χ3n) is 5.40. The van der Waals surface area contributed by atoms with Crippen molar-refractivity contribution in [3.05, 3.63) is 82.5 Å². The van der Waals surface area contributed by atoms with Gasteiger partial charge < -0.3 is 14.5 Å². The standard InChI is InChI=1S/C27H24N2O6S/c1-3-17-5-11-20(12-6-17)28-24(30)16-29-25(31)23(36-27(29)33)15-21-13-14-22(35-21)18-7-9-19(10-8-18)26(32)34-4-2/h5-15H,3-4,16H2,1-2H3,(H,28,30)/b23-15+. The van der Waals surface area contributed by atoms with Crippen LogP contribution in [0.1, 0.15) is 35.5 Å². The van der Waals surface area contributed by atoms with Gasteiger partial charge in [0.25, 0.3) is 11.1 Å². The summed E-state index contributed by atoms with van der Waals surface area (Å²) in [6, 6.07) is 17.5. The molecule has 1 aromatic heterocycles. The van der Waals surface area contributed by atoms with Crippen LogP contribution in [0, 0.1) is 0 Å². The number of benzene rings is 2. The maximum absolute atomic E-state index is 12.8. The zero-order valence-corrected chi connectivity index (χ0v) is 20.6. The minimum absolute atomic E-state index is 0.165. The quantitative estimate of drug-likeness (QED) is 0.325. The van der Waals surface area contributed by atoms with E-state index in [0.29, 0.717) is 29.4 Å². The molecule has 2 aromatic carbocycles. The summed E-state index contributed by atoms with van der Waals surface area (Å²) in [5, 5.41) is 2.18. The van der Waals surface area contributed by atoms with Crippen LogP contribution in [0.15, 0.2) is 70.0 Å². The number of nitrogens with zero attached hydrogens (tertiary/aromatic N) is 1. The number of ether oxygens (including phenoxy) is 1. The first-order valence-corrected chi connectivity index (χ1v) is 12.2. The molecule has 0 radical (unpaired) electrons. The van der Waals surface area contributed by atoms with Crippen molar-refractivity contribution in [3.63, 3.8) is 0 Å². The predicted molar refractivity (Wildman–Crippen MR) is 137 cm³/mol. The summed E-state index contributed by atoms with van der Waals surface area (Å²) in [6.07, 6.45) is 2.36. The molecule has 0 unspecified atom stereocenters. The molecule has 184 valence electrons. The largest absolute Gasteiger partial charge is 0.462 e. The Morgan fingerprint density at radius 2 is 1.72 bits per heavy atom. The van der Waals surface area contributed by atoms with E-state index in [-0.39, 0.29) is 11.4 Å². The molecule has 1 saturated heterocycles. The van der Waals surface area contributed by atoms with E-state index >= 15 is 0 Å².